The number of carbonyl (C=O) groups excluding carboxylic acids is 1. The summed E-state index contributed by atoms with van der Waals surface area (Å²) in [7, 11) is 0. The zero-order valence-corrected chi connectivity index (χ0v) is 20.4. The van der Waals surface area contributed by atoms with E-state index in [1.165, 1.54) is 17.0 Å². The van der Waals surface area contributed by atoms with Gasteiger partial charge in [0.1, 0.15) is 17.1 Å². The molecule has 1 saturated heterocycles. The fourth-order valence-corrected chi connectivity index (χ4v) is 3.78. The summed E-state index contributed by atoms with van der Waals surface area (Å²) in [5.41, 5.74) is -1.25. The van der Waals surface area contributed by atoms with Crippen molar-refractivity contribution in [3.05, 3.63) is 47.9 Å². The van der Waals surface area contributed by atoms with Crippen LogP contribution in [0.15, 0.2) is 36.5 Å². The lowest BCUT2D eigenvalue weighted by molar-refractivity contribution is -0.141. The van der Waals surface area contributed by atoms with E-state index in [9.17, 15) is 23.1 Å². The molecule has 3 aromatic rings. The van der Waals surface area contributed by atoms with E-state index in [0.29, 0.717) is 49.7 Å². The summed E-state index contributed by atoms with van der Waals surface area (Å²) in [4.78, 5) is 18.3. The normalized spacial score (nSPS) is 14.6. The molecular weight excluding hydrogens is 477 g/mol. The second kappa shape index (κ2) is 10.1. The van der Waals surface area contributed by atoms with Crippen LogP contribution in [0.1, 0.15) is 43.4 Å². The van der Waals surface area contributed by atoms with Gasteiger partial charge >= 0.3 is 6.18 Å². The van der Waals surface area contributed by atoms with Crippen LogP contribution in [-0.2, 0) is 17.5 Å². The number of amides is 1. The van der Waals surface area contributed by atoms with Gasteiger partial charge < -0.3 is 19.5 Å². The SMILES string of the molecule is CCN(C(=O)c1cccc(C(F)(F)F)n1)c1cc2cn(CCC(C)(C)O)nc2cc1OCC1COC1. The minimum absolute atomic E-state index is 0.179. The number of benzene rings is 1. The topological polar surface area (TPSA) is 89.7 Å². The predicted molar refractivity (Wildman–Crippen MR) is 127 cm³/mol. The number of carbonyl (C=O) groups is 1. The Labute approximate surface area is 206 Å². The quantitative estimate of drug-likeness (QED) is 0.466. The van der Waals surface area contributed by atoms with Crippen molar-refractivity contribution in [1.82, 2.24) is 14.8 Å². The van der Waals surface area contributed by atoms with E-state index in [2.05, 4.69) is 10.1 Å². The van der Waals surface area contributed by atoms with Gasteiger partial charge in [0, 0.05) is 36.7 Å². The third-order valence-corrected chi connectivity index (χ3v) is 5.88. The average Bonchev–Trinajstić information content (AvgIpc) is 3.18. The van der Waals surface area contributed by atoms with Crippen LogP contribution in [0, 0.1) is 5.92 Å². The highest BCUT2D eigenvalue weighted by atomic mass is 19.4. The minimum Gasteiger partial charge on any atom is -0.491 e. The molecule has 0 saturated carbocycles. The Kier molecular flexibility index (Phi) is 7.24. The summed E-state index contributed by atoms with van der Waals surface area (Å²) in [6.45, 7) is 7.35. The fourth-order valence-electron chi connectivity index (χ4n) is 3.78. The molecule has 8 nitrogen and oxygen atoms in total. The number of hydrogen-bond donors (Lipinski definition) is 1. The molecule has 0 unspecified atom stereocenters. The number of pyridine rings is 1. The molecule has 1 amide bonds. The second-order valence-corrected chi connectivity index (χ2v) is 9.50. The maximum Gasteiger partial charge on any atom is 0.433 e. The van der Waals surface area contributed by atoms with Crippen molar-refractivity contribution in [3.63, 3.8) is 0 Å². The van der Waals surface area contributed by atoms with Crippen LogP contribution in [0.4, 0.5) is 18.9 Å². The number of alkyl halides is 3. The van der Waals surface area contributed by atoms with Crippen LogP contribution >= 0.6 is 0 Å². The molecular formula is C25H29F3N4O4. The molecule has 1 N–H and O–H groups in total. The number of fused-ring (bicyclic) bond motifs is 1. The van der Waals surface area contributed by atoms with Gasteiger partial charge in [-0.15, -0.1) is 0 Å². The van der Waals surface area contributed by atoms with Crippen LogP contribution in [0.5, 0.6) is 5.75 Å². The number of hydrogen-bond acceptors (Lipinski definition) is 6. The predicted octanol–water partition coefficient (Wildman–Crippen LogP) is 4.30. The maximum atomic E-state index is 13.3. The molecule has 194 valence electrons. The average molecular weight is 507 g/mol. The van der Waals surface area contributed by atoms with Gasteiger partial charge in [-0.2, -0.15) is 18.3 Å². The van der Waals surface area contributed by atoms with Crippen LogP contribution in [0.3, 0.4) is 0 Å². The standard InChI is InChI=1S/C25H29F3N4O4/c1-4-32(23(33)18-6-5-7-22(29-18)25(26,27)28)20-10-17-12-31(9-8-24(2,3)34)30-19(17)11-21(20)36-15-16-13-35-14-16/h5-7,10-12,16,34H,4,8-9,13-15H2,1-3H3. The number of aliphatic hydroxyl groups is 1. The molecule has 0 spiro atoms. The zero-order valence-electron chi connectivity index (χ0n) is 20.4. The summed E-state index contributed by atoms with van der Waals surface area (Å²) in [6, 6.07) is 6.72. The van der Waals surface area contributed by atoms with Crippen molar-refractivity contribution in [3.8, 4) is 5.75 Å². The summed E-state index contributed by atoms with van der Waals surface area (Å²) < 4.78 is 52.5. The molecule has 3 heterocycles. The van der Waals surface area contributed by atoms with Crippen molar-refractivity contribution in [2.24, 2.45) is 5.92 Å². The first kappa shape index (κ1) is 25.9. The number of halogens is 3. The van der Waals surface area contributed by atoms with Gasteiger partial charge in [0.25, 0.3) is 5.91 Å². The van der Waals surface area contributed by atoms with Gasteiger partial charge in [0.15, 0.2) is 0 Å². The lowest BCUT2D eigenvalue weighted by Crippen LogP contribution is -2.34. The molecule has 4 rings (SSSR count). The van der Waals surface area contributed by atoms with E-state index < -0.39 is 23.4 Å². The fraction of sp³-hybridized carbons (Fsp3) is 0.480. The van der Waals surface area contributed by atoms with E-state index in [-0.39, 0.29) is 18.2 Å². The summed E-state index contributed by atoms with van der Waals surface area (Å²) >= 11 is 0. The highest BCUT2D eigenvalue weighted by Crippen LogP contribution is 2.35. The molecule has 1 aliphatic heterocycles. The number of ether oxygens (including phenoxy) is 2. The Morgan fingerprint density at radius 1 is 1.28 bits per heavy atom. The van der Waals surface area contributed by atoms with Crippen molar-refractivity contribution in [2.75, 3.05) is 31.3 Å². The van der Waals surface area contributed by atoms with E-state index >= 15 is 0 Å². The Morgan fingerprint density at radius 3 is 2.64 bits per heavy atom. The smallest absolute Gasteiger partial charge is 0.433 e. The molecule has 36 heavy (non-hydrogen) atoms. The largest absolute Gasteiger partial charge is 0.491 e. The Morgan fingerprint density at radius 2 is 2.03 bits per heavy atom. The van der Waals surface area contributed by atoms with Crippen LogP contribution in [0.2, 0.25) is 0 Å². The Hall–Kier alpha value is -3.18. The molecule has 0 aliphatic carbocycles. The van der Waals surface area contributed by atoms with Gasteiger partial charge in [-0.25, -0.2) is 4.98 Å². The van der Waals surface area contributed by atoms with Crippen molar-refractivity contribution >= 4 is 22.5 Å². The van der Waals surface area contributed by atoms with E-state index in [4.69, 9.17) is 9.47 Å². The molecule has 2 aromatic heterocycles. The molecule has 11 heteroatoms. The maximum absolute atomic E-state index is 13.3. The molecule has 1 aromatic carbocycles. The molecule has 1 aliphatic rings. The van der Waals surface area contributed by atoms with Crippen LogP contribution < -0.4 is 9.64 Å². The molecule has 1 fully saturated rings. The number of aromatic nitrogens is 3. The second-order valence-electron chi connectivity index (χ2n) is 9.50. The van der Waals surface area contributed by atoms with E-state index in [0.717, 1.165) is 11.5 Å². The van der Waals surface area contributed by atoms with Crippen LogP contribution in [0.25, 0.3) is 10.9 Å². The number of nitrogens with zero attached hydrogens (tertiary/aromatic N) is 4. The van der Waals surface area contributed by atoms with Crippen molar-refractivity contribution < 1.29 is 32.5 Å². The first-order valence-electron chi connectivity index (χ1n) is 11.7. The number of aryl methyl sites for hydroxylation is 1. The first-order chi connectivity index (χ1) is 16.9. The zero-order chi connectivity index (χ0) is 26.1. The van der Waals surface area contributed by atoms with Gasteiger partial charge in [-0.05, 0) is 45.4 Å². The van der Waals surface area contributed by atoms with Gasteiger partial charge in [0.05, 0.1) is 36.6 Å². The minimum atomic E-state index is -4.66. The van der Waals surface area contributed by atoms with Crippen molar-refractivity contribution in [2.45, 2.75) is 45.5 Å². The summed E-state index contributed by atoms with van der Waals surface area (Å²) in [5, 5.41) is 15.3. The summed E-state index contributed by atoms with van der Waals surface area (Å²) in [5.74, 6) is -0.0627. The molecule has 0 atom stereocenters. The summed E-state index contributed by atoms with van der Waals surface area (Å²) in [6.07, 6.45) is -2.38. The Bertz CT molecular complexity index is 1230. The number of rotatable bonds is 9. The molecule has 0 bridgehead atoms. The van der Waals surface area contributed by atoms with E-state index in [1.807, 2.05) is 0 Å². The van der Waals surface area contributed by atoms with Gasteiger partial charge in [-0.3, -0.25) is 9.48 Å². The lowest BCUT2D eigenvalue weighted by Gasteiger charge is -2.28. The Balaban J connectivity index is 1.70. The highest BCUT2D eigenvalue weighted by Gasteiger charge is 2.33. The lowest BCUT2D eigenvalue weighted by atomic mass is 10.1. The van der Waals surface area contributed by atoms with Gasteiger partial charge in [0.2, 0.25) is 0 Å². The highest BCUT2D eigenvalue weighted by molar-refractivity contribution is 6.06. The first-order valence-corrected chi connectivity index (χ1v) is 11.7. The van der Waals surface area contributed by atoms with Crippen LogP contribution in [-0.4, -0.2) is 57.7 Å². The third-order valence-electron chi connectivity index (χ3n) is 5.88. The number of anilines is 1. The molecule has 0 radical (unpaired) electrons. The third kappa shape index (κ3) is 5.96. The van der Waals surface area contributed by atoms with E-state index in [1.54, 1.807) is 43.8 Å². The van der Waals surface area contributed by atoms with Crippen molar-refractivity contribution in [1.29, 1.82) is 0 Å². The van der Waals surface area contributed by atoms with Gasteiger partial charge in [-0.1, -0.05) is 6.07 Å². The monoisotopic (exact) mass is 506 g/mol.